The molecule has 3 rings (SSSR count). The summed E-state index contributed by atoms with van der Waals surface area (Å²) in [5.41, 5.74) is 1.03. The third-order valence-electron chi connectivity index (χ3n) is 6.66. The smallest absolute Gasteiger partial charge is 0.225 e. The van der Waals surface area contributed by atoms with Crippen LogP contribution in [0.25, 0.3) is 0 Å². The van der Waals surface area contributed by atoms with Gasteiger partial charge in [-0.3, -0.25) is 9.79 Å². The van der Waals surface area contributed by atoms with Crippen molar-refractivity contribution in [3.8, 4) is 0 Å². The topological polar surface area (TPSA) is 56.7 Å². The first kappa shape index (κ1) is 22.6. The molecule has 2 fully saturated rings. The van der Waals surface area contributed by atoms with Gasteiger partial charge in [-0.1, -0.05) is 26.0 Å². The van der Waals surface area contributed by atoms with Crippen LogP contribution in [-0.4, -0.2) is 49.0 Å². The molecule has 0 aromatic heterocycles. The molecule has 1 saturated carbocycles. The van der Waals surface area contributed by atoms with Crippen molar-refractivity contribution in [3.63, 3.8) is 0 Å². The Morgan fingerprint density at radius 2 is 1.93 bits per heavy atom. The van der Waals surface area contributed by atoms with Crippen LogP contribution in [0.5, 0.6) is 0 Å². The van der Waals surface area contributed by atoms with E-state index in [0.717, 1.165) is 69.7 Å². The van der Waals surface area contributed by atoms with E-state index in [-0.39, 0.29) is 17.2 Å². The summed E-state index contributed by atoms with van der Waals surface area (Å²) in [7, 11) is 0. The van der Waals surface area contributed by atoms with E-state index in [1.165, 1.54) is 6.07 Å². The fraction of sp³-hybridized carbons (Fsp3) is 0.667. The number of amides is 1. The number of benzene rings is 1. The molecule has 2 aliphatic rings. The molecular weight excluding hydrogens is 379 g/mol. The maximum atomic E-state index is 13.6. The van der Waals surface area contributed by atoms with Crippen LogP contribution in [0, 0.1) is 11.7 Å². The minimum atomic E-state index is -0.178. The van der Waals surface area contributed by atoms with Crippen molar-refractivity contribution in [3.05, 3.63) is 35.6 Å². The second-order valence-corrected chi connectivity index (χ2v) is 8.74. The van der Waals surface area contributed by atoms with Gasteiger partial charge in [-0.2, -0.15) is 0 Å². The third-order valence-corrected chi connectivity index (χ3v) is 6.66. The third kappa shape index (κ3) is 5.52. The van der Waals surface area contributed by atoms with Crippen molar-refractivity contribution in [2.45, 2.75) is 70.8 Å². The second-order valence-electron chi connectivity index (χ2n) is 8.74. The lowest BCUT2D eigenvalue weighted by atomic mass is 9.96. The summed E-state index contributed by atoms with van der Waals surface area (Å²) >= 11 is 0. The van der Waals surface area contributed by atoms with Gasteiger partial charge in [-0.05, 0) is 63.1 Å². The van der Waals surface area contributed by atoms with E-state index in [2.05, 4.69) is 31.4 Å². The minimum Gasteiger partial charge on any atom is -0.357 e. The van der Waals surface area contributed by atoms with Gasteiger partial charge in [-0.25, -0.2) is 4.39 Å². The highest BCUT2D eigenvalue weighted by Crippen LogP contribution is 2.48. The SMILES string of the molecule is CCNC(=NCC1(c2cccc(F)c2)CC1)NC1CCN(C(=O)C(CC)CC)CC1. The maximum Gasteiger partial charge on any atom is 0.225 e. The highest BCUT2D eigenvalue weighted by atomic mass is 19.1. The molecule has 0 spiro atoms. The first-order valence-electron chi connectivity index (χ1n) is 11.6. The van der Waals surface area contributed by atoms with E-state index in [1.807, 2.05) is 11.0 Å². The molecule has 30 heavy (non-hydrogen) atoms. The monoisotopic (exact) mass is 416 g/mol. The summed E-state index contributed by atoms with van der Waals surface area (Å²) in [6, 6.07) is 7.26. The van der Waals surface area contributed by atoms with Crippen molar-refractivity contribution >= 4 is 11.9 Å². The second kappa shape index (κ2) is 10.3. The molecule has 1 saturated heterocycles. The van der Waals surface area contributed by atoms with E-state index in [1.54, 1.807) is 12.1 Å². The van der Waals surface area contributed by atoms with Crippen molar-refractivity contribution in [2.24, 2.45) is 10.9 Å². The Kier molecular flexibility index (Phi) is 7.73. The number of hydrogen-bond donors (Lipinski definition) is 2. The summed E-state index contributed by atoms with van der Waals surface area (Å²) in [5, 5.41) is 6.91. The van der Waals surface area contributed by atoms with Crippen molar-refractivity contribution in [2.75, 3.05) is 26.2 Å². The molecule has 5 nitrogen and oxygen atoms in total. The summed E-state index contributed by atoms with van der Waals surface area (Å²) in [6.07, 6.45) is 5.80. The van der Waals surface area contributed by atoms with Gasteiger partial charge in [0.05, 0.1) is 6.54 Å². The quantitative estimate of drug-likeness (QED) is 0.500. The molecular formula is C24H37FN4O. The number of rotatable bonds is 8. The average Bonchev–Trinajstić information content (AvgIpc) is 3.55. The predicted octanol–water partition coefficient (Wildman–Crippen LogP) is 3.84. The van der Waals surface area contributed by atoms with Crippen LogP contribution in [-0.2, 0) is 10.2 Å². The Hall–Kier alpha value is -2.11. The lowest BCUT2D eigenvalue weighted by Crippen LogP contribution is -2.50. The molecule has 1 aromatic carbocycles. The largest absolute Gasteiger partial charge is 0.357 e. The number of piperidine rings is 1. The van der Waals surface area contributed by atoms with E-state index in [9.17, 15) is 9.18 Å². The van der Waals surface area contributed by atoms with Crippen LogP contribution < -0.4 is 10.6 Å². The molecule has 2 N–H and O–H groups in total. The van der Waals surface area contributed by atoms with Gasteiger partial charge in [0.1, 0.15) is 5.82 Å². The first-order chi connectivity index (χ1) is 14.5. The summed E-state index contributed by atoms with van der Waals surface area (Å²) in [4.78, 5) is 19.5. The summed E-state index contributed by atoms with van der Waals surface area (Å²) in [5.74, 6) is 1.11. The number of carbonyl (C=O) groups excluding carboxylic acids is 1. The minimum absolute atomic E-state index is 0.0183. The Morgan fingerprint density at radius 3 is 2.50 bits per heavy atom. The van der Waals surface area contributed by atoms with Gasteiger partial charge in [0.25, 0.3) is 0 Å². The molecule has 6 heteroatoms. The normalized spacial score (nSPS) is 19.1. The van der Waals surface area contributed by atoms with Crippen LogP contribution in [0.15, 0.2) is 29.3 Å². The molecule has 166 valence electrons. The van der Waals surface area contributed by atoms with Crippen LogP contribution in [0.2, 0.25) is 0 Å². The van der Waals surface area contributed by atoms with E-state index < -0.39 is 0 Å². The average molecular weight is 417 g/mol. The molecule has 0 bridgehead atoms. The van der Waals surface area contributed by atoms with E-state index >= 15 is 0 Å². The number of nitrogens with one attached hydrogen (secondary N) is 2. The molecule has 1 amide bonds. The van der Waals surface area contributed by atoms with E-state index in [4.69, 9.17) is 4.99 Å². The standard InChI is InChI=1S/C24H37FN4O/c1-4-18(5-2)22(30)29-14-10-21(11-15-29)28-23(26-6-3)27-17-24(12-13-24)19-8-7-9-20(25)16-19/h7-9,16,18,21H,4-6,10-15,17H2,1-3H3,(H2,26,27,28). The zero-order valence-electron chi connectivity index (χ0n) is 18.7. The summed E-state index contributed by atoms with van der Waals surface area (Å²) < 4.78 is 13.6. The van der Waals surface area contributed by atoms with Crippen LogP contribution in [0.4, 0.5) is 4.39 Å². The Balaban J connectivity index is 1.56. The highest BCUT2D eigenvalue weighted by Gasteiger charge is 2.44. The van der Waals surface area contributed by atoms with Gasteiger partial charge in [0.15, 0.2) is 5.96 Å². The molecule has 0 atom stereocenters. The maximum absolute atomic E-state index is 13.6. The Labute approximate surface area is 180 Å². The van der Waals surface area contributed by atoms with Gasteiger partial charge < -0.3 is 15.5 Å². The lowest BCUT2D eigenvalue weighted by Gasteiger charge is -2.35. The van der Waals surface area contributed by atoms with Crippen LogP contribution >= 0.6 is 0 Å². The Bertz CT molecular complexity index is 734. The van der Waals surface area contributed by atoms with Crippen LogP contribution in [0.3, 0.4) is 0 Å². The van der Waals surface area contributed by atoms with E-state index in [0.29, 0.717) is 18.5 Å². The number of aliphatic imine (C=N–C) groups is 1. The number of likely N-dealkylation sites (tertiary alicyclic amines) is 1. The first-order valence-corrected chi connectivity index (χ1v) is 11.6. The molecule has 1 heterocycles. The van der Waals surface area contributed by atoms with Gasteiger partial charge in [0.2, 0.25) is 5.91 Å². The number of hydrogen-bond acceptors (Lipinski definition) is 2. The van der Waals surface area contributed by atoms with Crippen molar-refractivity contribution in [1.82, 2.24) is 15.5 Å². The van der Waals surface area contributed by atoms with Gasteiger partial charge in [0, 0.05) is 37.0 Å². The van der Waals surface area contributed by atoms with Gasteiger partial charge in [-0.15, -0.1) is 0 Å². The Morgan fingerprint density at radius 1 is 1.23 bits per heavy atom. The number of nitrogens with zero attached hydrogens (tertiary/aromatic N) is 2. The lowest BCUT2D eigenvalue weighted by molar-refractivity contribution is -0.136. The fourth-order valence-electron chi connectivity index (χ4n) is 4.39. The predicted molar refractivity (Wildman–Crippen MR) is 120 cm³/mol. The highest BCUT2D eigenvalue weighted by molar-refractivity contribution is 5.80. The van der Waals surface area contributed by atoms with Gasteiger partial charge >= 0.3 is 0 Å². The number of halogens is 1. The summed E-state index contributed by atoms with van der Waals surface area (Å²) in [6.45, 7) is 9.32. The molecule has 0 unspecified atom stereocenters. The molecule has 1 aromatic rings. The number of carbonyl (C=O) groups is 1. The van der Waals surface area contributed by atoms with Crippen molar-refractivity contribution < 1.29 is 9.18 Å². The van der Waals surface area contributed by atoms with Crippen molar-refractivity contribution in [1.29, 1.82) is 0 Å². The molecule has 1 aliphatic heterocycles. The van der Waals surface area contributed by atoms with Crippen LogP contribution in [0.1, 0.15) is 64.9 Å². The number of guanidine groups is 1. The molecule has 1 aliphatic carbocycles. The fourth-order valence-corrected chi connectivity index (χ4v) is 4.39. The molecule has 0 radical (unpaired) electrons. The zero-order chi connectivity index (χ0) is 21.6. The zero-order valence-corrected chi connectivity index (χ0v) is 18.7.